The molecule has 3 aliphatic rings. The Morgan fingerprint density at radius 3 is 1.25 bits per heavy atom. The van der Waals surface area contributed by atoms with E-state index in [0.29, 0.717) is 0 Å². The Hall–Kier alpha value is -1.46. The maximum absolute atomic E-state index is 14.8. The molecule has 0 amide bonds. The average Bonchev–Trinajstić information content (AvgIpc) is 3.07. The predicted molar refractivity (Wildman–Crippen MR) is 61.3 cm³/mol. The van der Waals surface area contributed by atoms with Gasteiger partial charge in [-0.1, -0.05) is 36.5 Å². The standard InChI is InChI=1S/C14H10F6/c15-11(9-5-1-2-6-9)12(16,10-7-3-4-8-10)14(19,20)13(11,17)18/h1-5,7H,6,8H2/t11-,12+. The van der Waals surface area contributed by atoms with Gasteiger partial charge >= 0.3 is 11.8 Å². The average molecular weight is 292 g/mol. The summed E-state index contributed by atoms with van der Waals surface area (Å²) < 4.78 is 84.3. The summed E-state index contributed by atoms with van der Waals surface area (Å²) in [4.78, 5) is 0. The summed E-state index contributed by atoms with van der Waals surface area (Å²) in [5.74, 6) is -10.1. The van der Waals surface area contributed by atoms with E-state index in [0.717, 1.165) is 12.2 Å². The molecule has 1 saturated carbocycles. The Kier molecular flexibility index (Phi) is 2.43. The minimum Gasteiger partial charge on any atom is -0.228 e. The summed E-state index contributed by atoms with van der Waals surface area (Å²) >= 11 is 0. The van der Waals surface area contributed by atoms with Crippen molar-refractivity contribution in [2.45, 2.75) is 36.0 Å². The van der Waals surface area contributed by atoms with Crippen LogP contribution in [0.2, 0.25) is 0 Å². The molecule has 0 aromatic carbocycles. The van der Waals surface area contributed by atoms with Crippen LogP contribution >= 0.6 is 0 Å². The van der Waals surface area contributed by atoms with Crippen LogP contribution in [0.4, 0.5) is 26.3 Å². The maximum Gasteiger partial charge on any atom is 0.354 e. The van der Waals surface area contributed by atoms with Gasteiger partial charge in [0.15, 0.2) is 0 Å². The Morgan fingerprint density at radius 2 is 1.00 bits per heavy atom. The number of halogens is 6. The van der Waals surface area contributed by atoms with Gasteiger partial charge in [-0.3, -0.25) is 0 Å². The molecule has 0 heterocycles. The Bertz CT molecular complexity index is 530. The van der Waals surface area contributed by atoms with Crippen LogP contribution in [0, 0.1) is 0 Å². The molecule has 0 aromatic heterocycles. The highest BCUT2D eigenvalue weighted by atomic mass is 19.3. The van der Waals surface area contributed by atoms with Crippen molar-refractivity contribution >= 4 is 0 Å². The van der Waals surface area contributed by atoms with E-state index >= 15 is 0 Å². The van der Waals surface area contributed by atoms with Crippen molar-refractivity contribution in [2.75, 3.05) is 0 Å². The Labute approximate surface area is 111 Å². The number of hydrogen-bond donors (Lipinski definition) is 0. The van der Waals surface area contributed by atoms with Crippen LogP contribution in [0.3, 0.4) is 0 Å². The van der Waals surface area contributed by atoms with Gasteiger partial charge < -0.3 is 0 Å². The van der Waals surface area contributed by atoms with Gasteiger partial charge in [-0.2, -0.15) is 17.6 Å². The van der Waals surface area contributed by atoms with Crippen molar-refractivity contribution in [3.05, 3.63) is 47.6 Å². The lowest BCUT2D eigenvalue weighted by Crippen LogP contribution is -2.86. The van der Waals surface area contributed by atoms with Crippen LogP contribution < -0.4 is 0 Å². The zero-order chi connectivity index (χ0) is 14.8. The first-order valence-corrected chi connectivity index (χ1v) is 6.07. The minimum atomic E-state index is -5.07. The fourth-order valence-electron chi connectivity index (χ4n) is 3.05. The fraction of sp³-hybridized carbons (Fsp3) is 0.429. The van der Waals surface area contributed by atoms with Crippen molar-refractivity contribution in [1.82, 2.24) is 0 Å². The fourth-order valence-corrected chi connectivity index (χ4v) is 3.05. The first kappa shape index (κ1) is 13.5. The molecule has 0 saturated heterocycles. The molecule has 0 unspecified atom stereocenters. The van der Waals surface area contributed by atoms with Crippen LogP contribution in [0.5, 0.6) is 0 Å². The molecule has 20 heavy (non-hydrogen) atoms. The molecule has 3 aliphatic carbocycles. The number of rotatable bonds is 2. The molecule has 0 aliphatic heterocycles. The molecule has 2 atom stereocenters. The zero-order valence-electron chi connectivity index (χ0n) is 10.1. The van der Waals surface area contributed by atoms with Crippen LogP contribution in [0.25, 0.3) is 0 Å². The summed E-state index contributed by atoms with van der Waals surface area (Å²) in [5.41, 5.74) is -9.32. The zero-order valence-corrected chi connectivity index (χ0v) is 10.1. The molecular formula is C14H10F6. The third-order valence-electron chi connectivity index (χ3n) is 4.16. The van der Waals surface area contributed by atoms with Gasteiger partial charge in [0.25, 0.3) is 0 Å². The second-order valence-corrected chi connectivity index (χ2v) is 5.11. The number of alkyl halides is 6. The lowest BCUT2D eigenvalue weighted by molar-refractivity contribution is -0.414. The van der Waals surface area contributed by atoms with E-state index in [-0.39, 0.29) is 12.8 Å². The highest BCUT2D eigenvalue weighted by molar-refractivity contribution is 5.55. The highest BCUT2D eigenvalue weighted by Crippen LogP contribution is 2.73. The second kappa shape index (κ2) is 3.59. The van der Waals surface area contributed by atoms with Crippen molar-refractivity contribution in [1.29, 1.82) is 0 Å². The summed E-state index contributed by atoms with van der Waals surface area (Å²) in [6, 6.07) is 0. The van der Waals surface area contributed by atoms with Crippen LogP contribution in [0.15, 0.2) is 47.6 Å². The van der Waals surface area contributed by atoms with Gasteiger partial charge in [-0.25, -0.2) is 8.78 Å². The molecule has 6 heteroatoms. The molecule has 0 bridgehead atoms. The van der Waals surface area contributed by atoms with Crippen molar-refractivity contribution in [2.24, 2.45) is 0 Å². The van der Waals surface area contributed by atoms with Crippen molar-refractivity contribution in [3.63, 3.8) is 0 Å². The molecule has 0 spiro atoms. The molecule has 0 N–H and O–H groups in total. The topological polar surface area (TPSA) is 0 Å². The molecule has 0 radical (unpaired) electrons. The summed E-state index contributed by atoms with van der Waals surface area (Å²) in [7, 11) is 0. The van der Waals surface area contributed by atoms with Gasteiger partial charge in [-0.15, -0.1) is 0 Å². The smallest absolute Gasteiger partial charge is 0.228 e. The van der Waals surface area contributed by atoms with Gasteiger partial charge in [0.1, 0.15) is 0 Å². The van der Waals surface area contributed by atoms with E-state index in [9.17, 15) is 26.3 Å². The lowest BCUT2D eigenvalue weighted by atomic mass is 9.55. The van der Waals surface area contributed by atoms with Crippen LogP contribution in [0.1, 0.15) is 12.8 Å². The summed E-state index contributed by atoms with van der Waals surface area (Å²) in [6.07, 6.45) is 6.45. The summed E-state index contributed by atoms with van der Waals surface area (Å²) in [6.45, 7) is 0. The van der Waals surface area contributed by atoms with Crippen molar-refractivity contribution < 1.29 is 26.3 Å². The molecule has 108 valence electrons. The third kappa shape index (κ3) is 1.09. The number of hydrogen-bond acceptors (Lipinski definition) is 0. The molecule has 1 fully saturated rings. The first-order valence-electron chi connectivity index (χ1n) is 6.07. The normalized spacial score (nSPS) is 40.5. The molecule has 0 nitrogen and oxygen atoms in total. The van der Waals surface area contributed by atoms with Gasteiger partial charge in [-0.05, 0) is 24.0 Å². The van der Waals surface area contributed by atoms with Crippen LogP contribution in [-0.4, -0.2) is 23.2 Å². The maximum atomic E-state index is 14.8. The van der Waals surface area contributed by atoms with E-state index in [1.165, 1.54) is 24.3 Å². The van der Waals surface area contributed by atoms with Gasteiger partial charge in [0, 0.05) is 0 Å². The minimum absolute atomic E-state index is 0.297. The molecule has 0 aromatic rings. The summed E-state index contributed by atoms with van der Waals surface area (Å²) in [5, 5.41) is 0. The quantitative estimate of drug-likeness (QED) is 0.659. The first-order chi connectivity index (χ1) is 9.21. The van der Waals surface area contributed by atoms with Gasteiger partial charge in [0.05, 0.1) is 0 Å². The largest absolute Gasteiger partial charge is 0.354 e. The third-order valence-corrected chi connectivity index (χ3v) is 4.16. The second-order valence-electron chi connectivity index (χ2n) is 5.11. The highest BCUT2D eigenvalue weighted by Gasteiger charge is 2.99. The number of allylic oxidation sites excluding steroid dienone is 8. The predicted octanol–water partition coefficient (Wildman–Crippen LogP) is 4.46. The van der Waals surface area contributed by atoms with Gasteiger partial charge in [0.2, 0.25) is 11.3 Å². The van der Waals surface area contributed by atoms with Crippen LogP contribution in [-0.2, 0) is 0 Å². The van der Waals surface area contributed by atoms with E-state index in [4.69, 9.17) is 0 Å². The molecule has 3 rings (SSSR count). The van der Waals surface area contributed by atoms with Crippen molar-refractivity contribution in [3.8, 4) is 0 Å². The van der Waals surface area contributed by atoms with E-state index < -0.39 is 34.3 Å². The SMILES string of the molecule is FC1(F)C(F)(F)[C@@](F)(C2=CC=CC2)[C@@]1(F)C1=CC=CC1. The van der Waals surface area contributed by atoms with E-state index in [1.54, 1.807) is 0 Å². The monoisotopic (exact) mass is 292 g/mol. The Morgan fingerprint density at radius 1 is 0.650 bits per heavy atom. The molecular weight excluding hydrogens is 282 g/mol. The van der Waals surface area contributed by atoms with E-state index in [2.05, 4.69) is 0 Å². The lowest BCUT2D eigenvalue weighted by Gasteiger charge is -2.59. The Balaban J connectivity index is 2.15. The van der Waals surface area contributed by atoms with E-state index in [1.807, 2.05) is 0 Å².